The number of ether oxygens (including phenoxy) is 1. The fraction of sp³-hybridized carbons (Fsp3) is 0.412. The first-order valence-corrected chi connectivity index (χ1v) is 9.76. The number of nitrogens with zero attached hydrogens (tertiary/aromatic N) is 3. The second kappa shape index (κ2) is 7.06. The minimum absolute atomic E-state index is 0.0189. The van der Waals surface area contributed by atoms with Gasteiger partial charge >= 0.3 is 0 Å². The summed E-state index contributed by atoms with van der Waals surface area (Å²) in [6.45, 7) is 5.24. The summed E-state index contributed by atoms with van der Waals surface area (Å²) >= 11 is 0. The summed E-state index contributed by atoms with van der Waals surface area (Å²) in [5.41, 5.74) is 1.36. The van der Waals surface area contributed by atoms with Crippen molar-refractivity contribution in [2.45, 2.75) is 31.6 Å². The van der Waals surface area contributed by atoms with E-state index in [1.54, 1.807) is 13.8 Å². The summed E-state index contributed by atoms with van der Waals surface area (Å²) in [5, 5.41) is 0. The molecule has 0 amide bonds. The van der Waals surface area contributed by atoms with Crippen molar-refractivity contribution >= 4 is 21.7 Å². The van der Waals surface area contributed by atoms with E-state index < -0.39 is 15.8 Å². The Bertz CT molecular complexity index is 905. The van der Waals surface area contributed by atoms with Gasteiger partial charge in [0.25, 0.3) is 10.0 Å². The maximum Gasteiger partial charge on any atom is 0.262 e. The van der Waals surface area contributed by atoms with Crippen LogP contribution in [0.5, 0.6) is 5.75 Å². The van der Waals surface area contributed by atoms with Gasteiger partial charge in [-0.1, -0.05) is 0 Å². The maximum absolute atomic E-state index is 13.9. The first kappa shape index (κ1) is 18.4. The van der Waals surface area contributed by atoms with E-state index in [0.29, 0.717) is 23.0 Å². The Labute approximate surface area is 152 Å². The van der Waals surface area contributed by atoms with Gasteiger partial charge in [0.15, 0.2) is 11.6 Å². The molecule has 0 unspecified atom stereocenters. The Morgan fingerprint density at radius 3 is 2.31 bits per heavy atom. The SMILES string of the molecule is COc1ccc(S(=O)(=O)Nc2c(C)nc(N3CCCC3)nc2C)cc1F. The van der Waals surface area contributed by atoms with Crippen molar-refractivity contribution in [1.29, 1.82) is 0 Å². The molecule has 3 rings (SSSR count). The Balaban J connectivity index is 1.91. The maximum atomic E-state index is 13.9. The quantitative estimate of drug-likeness (QED) is 0.858. The number of benzene rings is 1. The normalized spacial score (nSPS) is 14.5. The lowest BCUT2D eigenvalue weighted by molar-refractivity contribution is 0.385. The van der Waals surface area contributed by atoms with Crippen LogP contribution in [0.1, 0.15) is 24.2 Å². The second-order valence-corrected chi connectivity index (χ2v) is 7.85. The Hall–Kier alpha value is -2.42. The first-order valence-electron chi connectivity index (χ1n) is 8.28. The number of aromatic nitrogens is 2. The van der Waals surface area contributed by atoms with Crippen LogP contribution in [0.4, 0.5) is 16.0 Å². The van der Waals surface area contributed by atoms with Gasteiger partial charge in [0.2, 0.25) is 5.95 Å². The molecule has 0 radical (unpaired) electrons. The van der Waals surface area contributed by atoms with Crippen LogP contribution in [0, 0.1) is 19.7 Å². The van der Waals surface area contributed by atoms with Crippen molar-refractivity contribution in [3.63, 3.8) is 0 Å². The number of hydrogen-bond donors (Lipinski definition) is 1. The number of hydrogen-bond acceptors (Lipinski definition) is 6. The zero-order valence-corrected chi connectivity index (χ0v) is 15.7. The van der Waals surface area contributed by atoms with Gasteiger partial charge in [-0.05, 0) is 44.9 Å². The smallest absolute Gasteiger partial charge is 0.262 e. The number of methoxy groups -OCH3 is 1. The van der Waals surface area contributed by atoms with Crippen molar-refractivity contribution in [2.75, 3.05) is 29.8 Å². The van der Waals surface area contributed by atoms with Crippen LogP contribution >= 0.6 is 0 Å². The van der Waals surface area contributed by atoms with Gasteiger partial charge in [0, 0.05) is 13.1 Å². The number of sulfonamides is 1. The molecule has 0 bridgehead atoms. The molecule has 0 aliphatic carbocycles. The summed E-state index contributed by atoms with van der Waals surface area (Å²) in [7, 11) is -2.66. The third kappa shape index (κ3) is 3.57. The molecule has 9 heteroatoms. The second-order valence-electron chi connectivity index (χ2n) is 6.17. The molecule has 0 spiro atoms. The number of anilines is 2. The van der Waals surface area contributed by atoms with E-state index in [4.69, 9.17) is 4.74 Å². The van der Waals surface area contributed by atoms with Crippen molar-refractivity contribution in [2.24, 2.45) is 0 Å². The minimum atomic E-state index is -3.98. The zero-order chi connectivity index (χ0) is 18.9. The van der Waals surface area contributed by atoms with Crippen LogP contribution in [-0.4, -0.2) is 38.6 Å². The number of aryl methyl sites for hydroxylation is 2. The molecule has 0 saturated carbocycles. The third-order valence-corrected chi connectivity index (χ3v) is 5.67. The van der Waals surface area contributed by atoms with E-state index in [9.17, 15) is 12.8 Å². The van der Waals surface area contributed by atoms with E-state index in [0.717, 1.165) is 32.0 Å². The molecule has 7 nitrogen and oxygen atoms in total. The van der Waals surface area contributed by atoms with E-state index in [2.05, 4.69) is 19.6 Å². The van der Waals surface area contributed by atoms with E-state index in [-0.39, 0.29) is 10.6 Å². The van der Waals surface area contributed by atoms with Gasteiger partial charge in [0.1, 0.15) is 0 Å². The molecule has 1 aliphatic rings. The van der Waals surface area contributed by atoms with Gasteiger partial charge < -0.3 is 9.64 Å². The molecule has 1 fully saturated rings. The molecule has 0 atom stereocenters. The minimum Gasteiger partial charge on any atom is -0.494 e. The molecule has 1 aliphatic heterocycles. The lowest BCUT2D eigenvalue weighted by atomic mass is 10.3. The molecular weight excluding hydrogens is 359 g/mol. The summed E-state index contributed by atoms with van der Waals surface area (Å²) < 4.78 is 46.4. The molecule has 1 aromatic heterocycles. The highest BCUT2D eigenvalue weighted by atomic mass is 32.2. The van der Waals surface area contributed by atoms with Crippen LogP contribution in [0.25, 0.3) is 0 Å². The van der Waals surface area contributed by atoms with E-state index >= 15 is 0 Å². The van der Waals surface area contributed by atoms with Gasteiger partial charge in [-0.15, -0.1) is 0 Å². The molecule has 140 valence electrons. The average Bonchev–Trinajstić information content (AvgIpc) is 3.12. The van der Waals surface area contributed by atoms with Gasteiger partial charge in [-0.3, -0.25) is 4.72 Å². The number of nitrogens with one attached hydrogen (secondary N) is 1. The van der Waals surface area contributed by atoms with Crippen LogP contribution in [0.15, 0.2) is 23.1 Å². The fourth-order valence-electron chi connectivity index (χ4n) is 2.91. The highest BCUT2D eigenvalue weighted by molar-refractivity contribution is 7.92. The number of rotatable bonds is 5. The first-order chi connectivity index (χ1) is 12.3. The van der Waals surface area contributed by atoms with Crippen molar-refractivity contribution in [3.05, 3.63) is 35.4 Å². The van der Waals surface area contributed by atoms with Crippen molar-refractivity contribution in [1.82, 2.24) is 9.97 Å². The van der Waals surface area contributed by atoms with Crippen LogP contribution in [0.2, 0.25) is 0 Å². The molecule has 2 aromatic rings. The lowest BCUT2D eigenvalue weighted by Gasteiger charge is -2.19. The predicted molar refractivity (Wildman–Crippen MR) is 96.7 cm³/mol. The zero-order valence-electron chi connectivity index (χ0n) is 14.9. The summed E-state index contributed by atoms with van der Waals surface area (Å²) in [4.78, 5) is 10.7. The lowest BCUT2D eigenvalue weighted by Crippen LogP contribution is -2.22. The van der Waals surface area contributed by atoms with Crippen LogP contribution < -0.4 is 14.4 Å². The summed E-state index contributed by atoms with van der Waals surface area (Å²) in [6.07, 6.45) is 2.19. The van der Waals surface area contributed by atoms with Crippen LogP contribution in [0.3, 0.4) is 0 Å². The van der Waals surface area contributed by atoms with Gasteiger partial charge in [-0.2, -0.15) is 0 Å². The monoisotopic (exact) mass is 380 g/mol. The summed E-state index contributed by atoms with van der Waals surface area (Å²) in [5.74, 6) is -0.157. The predicted octanol–water partition coefficient (Wildman–Crippen LogP) is 2.64. The summed E-state index contributed by atoms with van der Waals surface area (Å²) in [6, 6.07) is 3.48. The number of halogens is 1. The molecule has 1 aromatic carbocycles. The standard InChI is InChI=1S/C17H21FN4O3S/c1-11-16(12(2)20-17(19-11)22-8-4-5-9-22)21-26(23,24)13-6-7-15(25-3)14(18)10-13/h6-7,10,21H,4-5,8-9H2,1-3H3. The van der Waals surface area contributed by atoms with Crippen LogP contribution in [-0.2, 0) is 10.0 Å². The van der Waals surface area contributed by atoms with Crippen molar-refractivity contribution < 1.29 is 17.5 Å². The Kier molecular flexibility index (Phi) is 4.99. The van der Waals surface area contributed by atoms with Crippen molar-refractivity contribution in [3.8, 4) is 5.75 Å². The van der Waals surface area contributed by atoms with Gasteiger partial charge in [0.05, 0.1) is 29.1 Å². The highest BCUT2D eigenvalue weighted by Gasteiger charge is 2.22. The topological polar surface area (TPSA) is 84.4 Å². The van der Waals surface area contributed by atoms with E-state index in [1.807, 2.05) is 0 Å². The largest absolute Gasteiger partial charge is 0.494 e. The average molecular weight is 380 g/mol. The molecule has 1 N–H and O–H groups in total. The molecule has 1 saturated heterocycles. The highest BCUT2D eigenvalue weighted by Crippen LogP contribution is 2.27. The van der Waals surface area contributed by atoms with Gasteiger partial charge in [-0.25, -0.2) is 22.8 Å². The Morgan fingerprint density at radius 1 is 1.15 bits per heavy atom. The fourth-order valence-corrected chi connectivity index (χ4v) is 4.10. The van der Waals surface area contributed by atoms with E-state index in [1.165, 1.54) is 19.2 Å². The molecule has 2 heterocycles. The molecule has 26 heavy (non-hydrogen) atoms. The third-order valence-electron chi connectivity index (χ3n) is 4.32. The Morgan fingerprint density at radius 2 is 1.77 bits per heavy atom. The molecular formula is C17H21FN4O3S.